The molecule has 0 saturated carbocycles. The van der Waals surface area contributed by atoms with Gasteiger partial charge in [-0.2, -0.15) is 0 Å². The van der Waals surface area contributed by atoms with Gasteiger partial charge in [-0.05, 0) is 30.7 Å². The Hall–Kier alpha value is -3.19. The van der Waals surface area contributed by atoms with Crippen molar-refractivity contribution < 1.29 is 9.53 Å². The highest BCUT2D eigenvalue weighted by Crippen LogP contribution is 2.32. The molecule has 2 heterocycles. The van der Waals surface area contributed by atoms with E-state index in [0.717, 1.165) is 11.3 Å². The molecule has 0 aliphatic rings. The minimum absolute atomic E-state index is 0.218. The summed E-state index contributed by atoms with van der Waals surface area (Å²) in [5.41, 5.74) is 2.59. The number of carbonyl (C=O) groups excluding carboxylic acids is 1. The fourth-order valence-electron chi connectivity index (χ4n) is 2.34. The second-order valence-corrected chi connectivity index (χ2v) is 6.12. The van der Waals surface area contributed by atoms with Crippen LogP contribution in [-0.2, 0) is 6.54 Å². The van der Waals surface area contributed by atoms with Crippen molar-refractivity contribution in [2.45, 2.75) is 13.5 Å². The highest BCUT2D eigenvalue weighted by atomic mass is 35.5. The normalized spacial score (nSPS) is 10.3. The zero-order valence-corrected chi connectivity index (χ0v) is 15.6. The molecule has 0 radical (unpaired) electrons. The van der Waals surface area contributed by atoms with E-state index in [1.807, 2.05) is 31.2 Å². The summed E-state index contributed by atoms with van der Waals surface area (Å²) in [6.45, 7) is 2.22. The van der Waals surface area contributed by atoms with Gasteiger partial charge in [0.25, 0.3) is 5.91 Å². The van der Waals surface area contributed by atoms with Crippen molar-refractivity contribution in [2.24, 2.45) is 0 Å². The number of nitrogens with one attached hydrogen (secondary N) is 2. The number of hydrogen-bond donors (Lipinski definition) is 2. The van der Waals surface area contributed by atoms with E-state index in [0.29, 0.717) is 28.8 Å². The molecule has 0 saturated heterocycles. The SMILES string of the molecule is COc1cc(Cl)c(C)cc1Nc1cnc(C(=O)NCc2ccccn2)cn1. The fraction of sp³-hybridized carbons (Fsp3) is 0.158. The third kappa shape index (κ3) is 4.71. The first-order valence-electron chi connectivity index (χ1n) is 8.18. The fourth-order valence-corrected chi connectivity index (χ4v) is 2.50. The van der Waals surface area contributed by atoms with Crippen molar-refractivity contribution in [3.8, 4) is 5.75 Å². The molecule has 0 atom stereocenters. The number of carbonyl (C=O) groups is 1. The number of anilines is 2. The molecule has 2 aromatic heterocycles. The van der Waals surface area contributed by atoms with Crippen molar-refractivity contribution in [3.05, 3.63) is 70.9 Å². The summed E-state index contributed by atoms with van der Waals surface area (Å²) in [6.07, 6.45) is 4.57. The van der Waals surface area contributed by atoms with Crippen LogP contribution in [0.15, 0.2) is 48.9 Å². The average molecular weight is 384 g/mol. The Morgan fingerprint density at radius 2 is 2.04 bits per heavy atom. The maximum Gasteiger partial charge on any atom is 0.271 e. The molecule has 0 spiro atoms. The Bertz CT molecular complexity index is 933. The molecule has 0 fully saturated rings. The molecule has 8 heteroatoms. The number of methoxy groups -OCH3 is 1. The minimum atomic E-state index is -0.320. The smallest absolute Gasteiger partial charge is 0.271 e. The molecule has 138 valence electrons. The molecule has 7 nitrogen and oxygen atoms in total. The second kappa shape index (κ2) is 8.46. The topological polar surface area (TPSA) is 89.0 Å². The third-order valence-electron chi connectivity index (χ3n) is 3.78. The van der Waals surface area contributed by atoms with Gasteiger partial charge >= 0.3 is 0 Å². The molecule has 27 heavy (non-hydrogen) atoms. The van der Waals surface area contributed by atoms with Gasteiger partial charge in [0.15, 0.2) is 0 Å². The highest BCUT2D eigenvalue weighted by Gasteiger charge is 2.11. The number of benzene rings is 1. The molecule has 0 unspecified atom stereocenters. The highest BCUT2D eigenvalue weighted by molar-refractivity contribution is 6.31. The lowest BCUT2D eigenvalue weighted by atomic mass is 10.2. The third-order valence-corrected chi connectivity index (χ3v) is 4.19. The molecule has 3 aromatic rings. The molecule has 0 bridgehead atoms. The van der Waals surface area contributed by atoms with Gasteiger partial charge in [0.1, 0.15) is 17.3 Å². The van der Waals surface area contributed by atoms with Gasteiger partial charge in [-0.25, -0.2) is 9.97 Å². The van der Waals surface area contributed by atoms with Crippen LogP contribution >= 0.6 is 11.6 Å². The standard InChI is InChI=1S/C19H18ClN5O2/c1-12-7-15(17(27-2)8-14(12)20)25-18-11-22-16(10-23-18)19(26)24-9-13-5-3-4-6-21-13/h3-8,10-11H,9H2,1-2H3,(H,23,25)(H,24,26). The molecule has 0 aliphatic heterocycles. The van der Waals surface area contributed by atoms with Crippen molar-refractivity contribution >= 4 is 29.0 Å². The van der Waals surface area contributed by atoms with E-state index in [2.05, 4.69) is 25.6 Å². The molecular formula is C19H18ClN5O2. The van der Waals surface area contributed by atoms with E-state index < -0.39 is 0 Å². The van der Waals surface area contributed by atoms with E-state index in [9.17, 15) is 4.79 Å². The first-order chi connectivity index (χ1) is 13.1. The van der Waals surface area contributed by atoms with E-state index in [1.165, 1.54) is 12.4 Å². The summed E-state index contributed by atoms with van der Waals surface area (Å²) in [5, 5.41) is 6.49. The Morgan fingerprint density at radius 3 is 2.70 bits per heavy atom. The Kier molecular flexibility index (Phi) is 5.83. The van der Waals surface area contributed by atoms with E-state index in [1.54, 1.807) is 19.4 Å². The Balaban J connectivity index is 1.67. The minimum Gasteiger partial charge on any atom is -0.495 e. The van der Waals surface area contributed by atoms with Crippen LogP contribution in [0.25, 0.3) is 0 Å². The predicted octanol–water partition coefficient (Wildman–Crippen LogP) is 3.52. The van der Waals surface area contributed by atoms with Crippen molar-refractivity contribution in [2.75, 3.05) is 12.4 Å². The van der Waals surface area contributed by atoms with Crippen LogP contribution in [0.1, 0.15) is 21.7 Å². The van der Waals surface area contributed by atoms with Crippen molar-refractivity contribution in [1.82, 2.24) is 20.3 Å². The Morgan fingerprint density at radius 1 is 1.19 bits per heavy atom. The van der Waals surface area contributed by atoms with Crippen molar-refractivity contribution in [1.29, 1.82) is 0 Å². The lowest BCUT2D eigenvalue weighted by Gasteiger charge is -2.12. The summed E-state index contributed by atoms with van der Waals surface area (Å²) in [5.74, 6) is 0.750. The summed E-state index contributed by atoms with van der Waals surface area (Å²) in [7, 11) is 1.56. The van der Waals surface area contributed by atoms with Crippen LogP contribution in [0.3, 0.4) is 0 Å². The summed E-state index contributed by atoms with van der Waals surface area (Å²) >= 11 is 6.11. The largest absolute Gasteiger partial charge is 0.495 e. The van der Waals surface area contributed by atoms with Gasteiger partial charge in [-0.3, -0.25) is 9.78 Å². The van der Waals surface area contributed by atoms with Crippen molar-refractivity contribution in [3.63, 3.8) is 0 Å². The number of halogens is 1. The van der Waals surface area contributed by atoms with E-state index >= 15 is 0 Å². The van der Waals surface area contributed by atoms with Gasteiger partial charge in [-0.1, -0.05) is 17.7 Å². The zero-order valence-electron chi connectivity index (χ0n) is 14.9. The first-order valence-corrected chi connectivity index (χ1v) is 8.56. The van der Waals surface area contributed by atoms with Gasteiger partial charge < -0.3 is 15.4 Å². The van der Waals surface area contributed by atoms with E-state index in [4.69, 9.17) is 16.3 Å². The van der Waals surface area contributed by atoms with Crippen LogP contribution in [-0.4, -0.2) is 28.0 Å². The van der Waals surface area contributed by atoms with Crippen LogP contribution in [0.5, 0.6) is 5.75 Å². The number of aryl methyl sites for hydroxylation is 1. The Labute approximate surface area is 161 Å². The van der Waals surface area contributed by atoms with Crippen LogP contribution in [0.4, 0.5) is 11.5 Å². The van der Waals surface area contributed by atoms with Gasteiger partial charge in [0, 0.05) is 17.3 Å². The number of hydrogen-bond acceptors (Lipinski definition) is 6. The monoisotopic (exact) mass is 383 g/mol. The van der Waals surface area contributed by atoms with Gasteiger partial charge in [0.05, 0.1) is 37.4 Å². The van der Waals surface area contributed by atoms with E-state index in [-0.39, 0.29) is 11.6 Å². The molecule has 1 amide bonds. The molecule has 1 aromatic carbocycles. The average Bonchev–Trinajstić information content (AvgIpc) is 2.70. The van der Waals surface area contributed by atoms with Crippen LogP contribution in [0.2, 0.25) is 5.02 Å². The maximum absolute atomic E-state index is 12.2. The van der Waals surface area contributed by atoms with Crippen LogP contribution in [0, 0.1) is 6.92 Å². The molecular weight excluding hydrogens is 366 g/mol. The number of rotatable bonds is 6. The maximum atomic E-state index is 12.2. The number of pyridine rings is 1. The predicted molar refractivity (Wildman–Crippen MR) is 103 cm³/mol. The summed E-state index contributed by atoms with van der Waals surface area (Å²) in [4.78, 5) is 24.7. The second-order valence-electron chi connectivity index (χ2n) is 5.72. The summed E-state index contributed by atoms with van der Waals surface area (Å²) < 4.78 is 5.32. The molecule has 2 N–H and O–H groups in total. The lowest BCUT2D eigenvalue weighted by Crippen LogP contribution is -2.24. The molecule has 3 rings (SSSR count). The number of aromatic nitrogens is 3. The number of ether oxygens (including phenoxy) is 1. The number of nitrogens with zero attached hydrogens (tertiary/aromatic N) is 3. The summed E-state index contributed by atoms with van der Waals surface area (Å²) in [6, 6.07) is 9.10. The van der Waals surface area contributed by atoms with Crippen LogP contribution < -0.4 is 15.4 Å². The van der Waals surface area contributed by atoms with Gasteiger partial charge in [0.2, 0.25) is 0 Å². The lowest BCUT2D eigenvalue weighted by molar-refractivity contribution is 0.0945. The van der Waals surface area contributed by atoms with Gasteiger partial charge in [-0.15, -0.1) is 0 Å². The number of amides is 1. The zero-order chi connectivity index (χ0) is 19.2. The molecule has 0 aliphatic carbocycles. The first kappa shape index (κ1) is 18.6. The quantitative estimate of drug-likeness (QED) is 0.677.